The molecule has 0 spiro atoms. The number of hydrogen-bond acceptors (Lipinski definition) is 3. The van der Waals surface area contributed by atoms with E-state index >= 15 is 0 Å². The molecule has 0 aromatic heterocycles. The third-order valence-corrected chi connectivity index (χ3v) is 4.34. The summed E-state index contributed by atoms with van der Waals surface area (Å²) in [5, 5.41) is 3.57. The van der Waals surface area contributed by atoms with Gasteiger partial charge < -0.3 is 10.1 Å². The van der Waals surface area contributed by atoms with Gasteiger partial charge in [0.25, 0.3) is 0 Å². The zero-order chi connectivity index (χ0) is 16.9. The molecule has 0 aliphatic rings. The van der Waals surface area contributed by atoms with E-state index in [1.165, 1.54) is 0 Å². The van der Waals surface area contributed by atoms with Gasteiger partial charge in [0, 0.05) is 24.9 Å². The van der Waals surface area contributed by atoms with E-state index in [1.54, 1.807) is 7.11 Å². The van der Waals surface area contributed by atoms with Crippen molar-refractivity contribution in [3.05, 3.63) is 0 Å². The number of ether oxygens (including phenoxy) is 1. The lowest BCUT2D eigenvalue weighted by atomic mass is 9.80. The fraction of sp³-hybridized carbons (Fsp3) is 1.00. The van der Waals surface area contributed by atoms with Crippen LogP contribution in [0.2, 0.25) is 0 Å². The van der Waals surface area contributed by atoms with E-state index in [4.69, 9.17) is 4.74 Å². The van der Waals surface area contributed by atoms with E-state index < -0.39 is 0 Å². The Morgan fingerprint density at radius 3 is 1.67 bits per heavy atom. The largest absolute Gasteiger partial charge is 0.379 e. The lowest BCUT2D eigenvalue weighted by Crippen LogP contribution is -2.41. The Labute approximate surface area is 136 Å². The van der Waals surface area contributed by atoms with Gasteiger partial charge in [-0.25, -0.2) is 0 Å². The van der Waals surface area contributed by atoms with Crippen molar-refractivity contribution in [1.29, 1.82) is 0 Å². The SMILES string of the molecule is COC(C)(C)CC(C)(C)CNCC(C)(C)CC(C)(C)SF. The lowest BCUT2D eigenvalue weighted by molar-refractivity contribution is -0.0130. The molecule has 0 radical (unpaired) electrons. The van der Waals surface area contributed by atoms with Crippen LogP contribution in [0, 0.1) is 10.8 Å². The number of halogens is 1. The van der Waals surface area contributed by atoms with Gasteiger partial charge in [0.2, 0.25) is 0 Å². The third kappa shape index (κ3) is 9.75. The number of nitrogens with one attached hydrogen (secondary N) is 1. The van der Waals surface area contributed by atoms with Crippen molar-refractivity contribution < 1.29 is 8.62 Å². The normalized spacial score (nSPS) is 14.6. The van der Waals surface area contributed by atoms with E-state index in [0.29, 0.717) is 12.1 Å². The Balaban J connectivity index is 4.34. The molecule has 4 heteroatoms. The van der Waals surface area contributed by atoms with E-state index in [0.717, 1.165) is 25.9 Å². The van der Waals surface area contributed by atoms with Crippen molar-refractivity contribution in [2.45, 2.75) is 78.6 Å². The smallest absolute Gasteiger partial charge is 0.0628 e. The standard InChI is InChI=1S/C17H36FNOS/c1-14(2,10-16(5,6)20-9)12-19-13-15(3,4)11-17(7,8)21-18/h19H,10-13H2,1-9H3. The minimum atomic E-state index is -0.321. The highest BCUT2D eigenvalue weighted by molar-refractivity contribution is 7.95. The average molecular weight is 322 g/mol. The summed E-state index contributed by atoms with van der Waals surface area (Å²) >= 11 is 0.460. The van der Waals surface area contributed by atoms with Crippen LogP contribution in [0.25, 0.3) is 0 Å². The summed E-state index contributed by atoms with van der Waals surface area (Å²) < 4.78 is 18.1. The highest BCUT2D eigenvalue weighted by Crippen LogP contribution is 2.37. The van der Waals surface area contributed by atoms with Crippen molar-refractivity contribution in [3.8, 4) is 0 Å². The fourth-order valence-electron chi connectivity index (χ4n) is 3.27. The first-order valence-corrected chi connectivity index (χ1v) is 8.52. The minimum absolute atomic E-state index is 0.0788. The van der Waals surface area contributed by atoms with E-state index in [1.807, 2.05) is 13.8 Å². The van der Waals surface area contributed by atoms with E-state index in [-0.39, 0.29) is 21.2 Å². The zero-order valence-corrected chi connectivity index (χ0v) is 16.3. The molecule has 0 aromatic rings. The Morgan fingerprint density at radius 1 is 0.857 bits per heavy atom. The molecule has 2 nitrogen and oxygen atoms in total. The monoisotopic (exact) mass is 321 g/mol. The van der Waals surface area contributed by atoms with Gasteiger partial charge in [-0.15, -0.1) is 0 Å². The average Bonchev–Trinajstić information content (AvgIpc) is 2.25. The highest BCUT2D eigenvalue weighted by Gasteiger charge is 2.32. The molecule has 0 saturated carbocycles. The maximum Gasteiger partial charge on any atom is 0.0628 e. The second-order valence-corrected chi connectivity index (χ2v) is 10.3. The Morgan fingerprint density at radius 2 is 1.29 bits per heavy atom. The third-order valence-electron chi connectivity index (χ3n) is 3.78. The van der Waals surface area contributed by atoms with Crippen LogP contribution in [-0.4, -0.2) is 30.5 Å². The van der Waals surface area contributed by atoms with Gasteiger partial charge in [-0.3, -0.25) is 0 Å². The molecular formula is C17H36FNOS. The molecule has 0 atom stereocenters. The quantitative estimate of drug-likeness (QED) is 0.595. The predicted octanol–water partition coefficient (Wildman–Crippen LogP) is 5.23. The maximum absolute atomic E-state index is 12.9. The maximum atomic E-state index is 12.9. The van der Waals surface area contributed by atoms with E-state index in [9.17, 15) is 3.89 Å². The van der Waals surface area contributed by atoms with Gasteiger partial charge in [-0.05, 0) is 51.4 Å². The lowest BCUT2D eigenvalue weighted by Gasteiger charge is -2.36. The zero-order valence-electron chi connectivity index (χ0n) is 15.5. The molecule has 0 rings (SSSR count). The van der Waals surface area contributed by atoms with Gasteiger partial charge in [0.15, 0.2) is 0 Å². The minimum Gasteiger partial charge on any atom is -0.379 e. The summed E-state index contributed by atoms with van der Waals surface area (Å²) in [4.78, 5) is 0. The first-order chi connectivity index (χ1) is 9.24. The van der Waals surface area contributed by atoms with Gasteiger partial charge in [0.1, 0.15) is 0 Å². The highest BCUT2D eigenvalue weighted by atomic mass is 32.2. The van der Waals surface area contributed by atoms with Gasteiger partial charge >= 0.3 is 0 Å². The van der Waals surface area contributed by atoms with Crippen LogP contribution in [-0.2, 0) is 4.74 Å². The summed E-state index contributed by atoms with van der Waals surface area (Å²) in [6, 6.07) is 0. The van der Waals surface area contributed by atoms with Gasteiger partial charge in [-0.1, -0.05) is 27.7 Å². The van der Waals surface area contributed by atoms with Crippen molar-refractivity contribution in [2.75, 3.05) is 20.2 Å². The molecule has 128 valence electrons. The van der Waals surface area contributed by atoms with Crippen LogP contribution in [0.1, 0.15) is 68.2 Å². The van der Waals surface area contributed by atoms with Crippen molar-refractivity contribution in [2.24, 2.45) is 10.8 Å². The summed E-state index contributed by atoms with van der Waals surface area (Å²) in [5.74, 6) is 0. The molecular weight excluding hydrogens is 285 g/mol. The summed E-state index contributed by atoms with van der Waals surface area (Å²) in [5.41, 5.74) is 0.142. The Hall–Kier alpha value is 0.200. The Kier molecular flexibility index (Phi) is 7.72. The van der Waals surface area contributed by atoms with Gasteiger partial charge in [-0.2, -0.15) is 3.89 Å². The molecule has 0 amide bonds. The van der Waals surface area contributed by atoms with Crippen molar-refractivity contribution in [1.82, 2.24) is 5.32 Å². The predicted molar refractivity (Wildman–Crippen MR) is 93.5 cm³/mol. The van der Waals surface area contributed by atoms with Crippen LogP contribution in [0.4, 0.5) is 3.89 Å². The van der Waals surface area contributed by atoms with Crippen molar-refractivity contribution in [3.63, 3.8) is 0 Å². The molecule has 0 aromatic carbocycles. The van der Waals surface area contributed by atoms with Crippen LogP contribution in [0.3, 0.4) is 0 Å². The number of hydrogen-bond donors (Lipinski definition) is 1. The number of rotatable bonds is 10. The second kappa shape index (κ2) is 7.65. The van der Waals surface area contributed by atoms with E-state index in [2.05, 4.69) is 46.9 Å². The van der Waals surface area contributed by atoms with Crippen LogP contribution in [0.5, 0.6) is 0 Å². The molecule has 0 saturated heterocycles. The summed E-state index contributed by atoms with van der Waals surface area (Å²) in [6.45, 7) is 18.9. The second-order valence-electron chi connectivity index (χ2n) is 9.09. The summed E-state index contributed by atoms with van der Waals surface area (Å²) in [6.07, 6.45) is 1.84. The molecule has 0 unspecified atom stereocenters. The molecule has 21 heavy (non-hydrogen) atoms. The molecule has 0 fully saturated rings. The first-order valence-electron chi connectivity index (χ1n) is 7.80. The van der Waals surface area contributed by atoms with Gasteiger partial charge in [0.05, 0.1) is 17.7 Å². The van der Waals surface area contributed by atoms with Crippen molar-refractivity contribution >= 4 is 12.1 Å². The molecule has 1 N–H and O–H groups in total. The van der Waals surface area contributed by atoms with Crippen LogP contribution in [0.15, 0.2) is 0 Å². The molecule has 0 aliphatic heterocycles. The fourth-order valence-corrected chi connectivity index (χ4v) is 3.71. The summed E-state index contributed by atoms with van der Waals surface area (Å²) in [7, 11) is 1.77. The number of methoxy groups -OCH3 is 1. The Bertz CT molecular complexity index is 284. The van der Waals surface area contributed by atoms with Crippen LogP contribution >= 0.6 is 12.1 Å². The molecule has 0 heterocycles. The first kappa shape index (κ1) is 21.2. The molecule has 0 aliphatic carbocycles. The van der Waals surface area contributed by atoms with Crippen LogP contribution < -0.4 is 5.32 Å². The molecule has 0 bridgehead atoms. The topological polar surface area (TPSA) is 21.3 Å².